The lowest BCUT2D eigenvalue weighted by molar-refractivity contribution is -0.123. The van der Waals surface area contributed by atoms with Crippen molar-refractivity contribution >= 4 is 16.9 Å². The number of carbonyl (C=O) groups excluding carboxylic acids is 1. The maximum absolute atomic E-state index is 12.0. The summed E-state index contributed by atoms with van der Waals surface area (Å²) in [5.74, 6) is 1.88. The first-order valence-corrected chi connectivity index (χ1v) is 11.0. The number of ether oxygens (including phenoxy) is 1. The summed E-state index contributed by atoms with van der Waals surface area (Å²) in [6.45, 7) is 7.95. The van der Waals surface area contributed by atoms with Crippen LogP contribution in [0.5, 0.6) is 5.75 Å². The highest BCUT2D eigenvalue weighted by Crippen LogP contribution is 2.19. The van der Waals surface area contributed by atoms with Gasteiger partial charge < -0.3 is 14.6 Å². The van der Waals surface area contributed by atoms with Gasteiger partial charge in [0.1, 0.15) is 11.6 Å². The number of unbranched alkanes of at least 4 members (excludes halogenated alkanes) is 2. The first kappa shape index (κ1) is 21.9. The lowest BCUT2D eigenvalue weighted by Crippen LogP contribution is -2.29. The number of amides is 1. The van der Waals surface area contributed by atoms with Gasteiger partial charge in [-0.1, -0.05) is 37.6 Å². The largest absolute Gasteiger partial charge is 0.483 e. The molecule has 0 spiro atoms. The molecule has 0 aliphatic carbocycles. The molecule has 0 atom stereocenters. The molecule has 1 N–H and O–H groups in total. The summed E-state index contributed by atoms with van der Waals surface area (Å²) in [5.41, 5.74) is 4.48. The summed E-state index contributed by atoms with van der Waals surface area (Å²) in [7, 11) is 0. The molecule has 0 radical (unpaired) electrons. The topological polar surface area (TPSA) is 56.2 Å². The Morgan fingerprint density at radius 1 is 1.10 bits per heavy atom. The Bertz CT molecular complexity index is 978. The number of carbonyl (C=O) groups is 1. The molecule has 160 valence electrons. The third-order valence-electron chi connectivity index (χ3n) is 5.28. The number of hydrogen-bond acceptors (Lipinski definition) is 3. The molecule has 1 amide bonds. The Morgan fingerprint density at radius 3 is 2.77 bits per heavy atom. The van der Waals surface area contributed by atoms with E-state index in [1.54, 1.807) is 0 Å². The van der Waals surface area contributed by atoms with Crippen LogP contribution in [0, 0.1) is 13.8 Å². The second-order valence-electron chi connectivity index (χ2n) is 7.89. The monoisotopic (exact) mass is 407 g/mol. The summed E-state index contributed by atoms with van der Waals surface area (Å²) in [6, 6.07) is 14.4. The lowest BCUT2D eigenvalue weighted by atomic mass is 10.1. The van der Waals surface area contributed by atoms with Crippen molar-refractivity contribution in [3.05, 3.63) is 59.4 Å². The van der Waals surface area contributed by atoms with Crippen LogP contribution in [-0.2, 0) is 17.8 Å². The molecule has 30 heavy (non-hydrogen) atoms. The van der Waals surface area contributed by atoms with Gasteiger partial charge in [0.2, 0.25) is 0 Å². The average molecular weight is 408 g/mol. The highest BCUT2D eigenvalue weighted by atomic mass is 16.5. The highest BCUT2D eigenvalue weighted by Gasteiger charge is 2.09. The maximum atomic E-state index is 12.0. The van der Waals surface area contributed by atoms with Crippen LogP contribution >= 0.6 is 0 Å². The summed E-state index contributed by atoms with van der Waals surface area (Å²) >= 11 is 0. The number of fused-ring (bicyclic) bond motifs is 1. The number of aryl methyl sites for hydroxylation is 4. The zero-order chi connectivity index (χ0) is 21.3. The summed E-state index contributed by atoms with van der Waals surface area (Å²) < 4.78 is 8.01. The van der Waals surface area contributed by atoms with Crippen LogP contribution in [0.4, 0.5) is 0 Å². The predicted octanol–water partition coefficient (Wildman–Crippen LogP) is 4.97. The fourth-order valence-corrected chi connectivity index (χ4v) is 3.66. The van der Waals surface area contributed by atoms with Gasteiger partial charge in [-0.3, -0.25) is 4.79 Å². The molecule has 0 aliphatic rings. The Balaban J connectivity index is 1.36. The van der Waals surface area contributed by atoms with E-state index >= 15 is 0 Å². The SMILES string of the molecule is CCCn1c(CCCCCNC(=O)COc2cc(C)ccc2C)nc2ccccc21. The van der Waals surface area contributed by atoms with E-state index in [1.807, 2.05) is 38.1 Å². The van der Waals surface area contributed by atoms with Crippen molar-refractivity contribution in [3.8, 4) is 5.75 Å². The van der Waals surface area contributed by atoms with Crippen molar-refractivity contribution in [2.24, 2.45) is 0 Å². The molecule has 1 aromatic heterocycles. The zero-order valence-corrected chi connectivity index (χ0v) is 18.4. The average Bonchev–Trinajstić information content (AvgIpc) is 3.09. The number of imidazole rings is 1. The third kappa shape index (κ3) is 5.85. The Kier molecular flexibility index (Phi) is 7.89. The van der Waals surface area contributed by atoms with Crippen LogP contribution in [-0.4, -0.2) is 28.6 Å². The van der Waals surface area contributed by atoms with Gasteiger partial charge in [-0.15, -0.1) is 0 Å². The lowest BCUT2D eigenvalue weighted by Gasteiger charge is -2.10. The molecular formula is C25H33N3O2. The molecule has 2 aromatic carbocycles. The summed E-state index contributed by atoms with van der Waals surface area (Å²) in [4.78, 5) is 16.9. The van der Waals surface area contributed by atoms with Gasteiger partial charge in [-0.05, 0) is 62.4 Å². The minimum absolute atomic E-state index is 0.0608. The molecular weight excluding hydrogens is 374 g/mol. The van der Waals surface area contributed by atoms with Crippen molar-refractivity contribution < 1.29 is 9.53 Å². The maximum Gasteiger partial charge on any atom is 0.257 e. The van der Waals surface area contributed by atoms with Crippen LogP contribution < -0.4 is 10.1 Å². The summed E-state index contributed by atoms with van der Waals surface area (Å²) in [6.07, 6.45) is 5.17. The van der Waals surface area contributed by atoms with Crippen molar-refractivity contribution in [2.75, 3.05) is 13.2 Å². The fraction of sp³-hybridized carbons (Fsp3) is 0.440. The molecule has 0 saturated heterocycles. The number of nitrogens with zero attached hydrogens (tertiary/aromatic N) is 2. The molecule has 0 fully saturated rings. The number of para-hydroxylation sites is 2. The zero-order valence-electron chi connectivity index (χ0n) is 18.4. The Hall–Kier alpha value is -2.82. The number of benzene rings is 2. The van der Waals surface area contributed by atoms with E-state index in [9.17, 15) is 4.79 Å². The van der Waals surface area contributed by atoms with Crippen LogP contribution in [0.3, 0.4) is 0 Å². The van der Waals surface area contributed by atoms with Gasteiger partial charge in [0.25, 0.3) is 5.91 Å². The first-order valence-electron chi connectivity index (χ1n) is 11.0. The molecule has 3 rings (SSSR count). The quantitative estimate of drug-likeness (QED) is 0.457. The van der Waals surface area contributed by atoms with Crippen molar-refractivity contribution in [2.45, 2.75) is 59.4 Å². The summed E-state index contributed by atoms with van der Waals surface area (Å²) in [5, 5.41) is 2.95. The normalized spacial score (nSPS) is 11.0. The van der Waals surface area contributed by atoms with Gasteiger partial charge in [0.05, 0.1) is 11.0 Å². The van der Waals surface area contributed by atoms with Gasteiger partial charge in [0, 0.05) is 19.5 Å². The molecule has 5 heteroatoms. The van der Waals surface area contributed by atoms with Crippen LogP contribution in [0.15, 0.2) is 42.5 Å². The third-order valence-corrected chi connectivity index (χ3v) is 5.28. The van der Waals surface area contributed by atoms with E-state index in [0.717, 1.165) is 61.0 Å². The Labute approximate surface area is 179 Å². The van der Waals surface area contributed by atoms with E-state index in [1.165, 1.54) is 11.3 Å². The second-order valence-corrected chi connectivity index (χ2v) is 7.89. The highest BCUT2D eigenvalue weighted by molar-refractivity contribution is 5.77. The second kappa shape index (κ2) is 10.8. The van der Waals surface area contributed by atoms with E-state index < -0.39 is 0 Å². The standard InChI is InChI=1S/C25H33N3O2/c1-4-16-28-22-11-8-7-10-21(22)27-24(28)12-6-5-9-15-26-25(29)18-30-23-17-19(2)13-14-20(23)3/h7-8,10-11,13-14,17H,4-6,9,12,15-16,18H2,1-3H3,(H,26,29). The molecule has 0 aliphatic heterocycles. The van der Waals surface area contributed by atoms with Crippen molar-refractivity contribution in [1.29, 1.82) is 0 Å². The Morgan fingerprint density at radius 2 is 1.93 bits per heavy atom. The van der Waals surface area contributed by atoms with Gasteiger partial charge >= 0.3 is 0 Å². The number of nitrogens with one attached hydrogen (secondary N) is 1. The first-order chi connectivity index (χ1) is 14.6. The molecule has 0 bridgehead atoms. The van der Waals surface area contributed by atoms with Crippen LogP contribution in [0.25, 0.3) is 11.0 Å². The van der Waals surface area contributed by atoms with Gasteiger partial charge in [0.15, 0.2) is 6.61 Å². The minimum atomic E-state index is -0.0688. The van der Waals surface area contributed by atoms with Gasteiger partial charge in [-0.2, -0.15) is 0 Å². The van der Waals surface area contributed by atoms with Crippen LogP contribution in [0.2, 0.25) is 0 Å². The smallest absolute Gasteiger partial charge is 0.257 e. The van der Waals surface area contributed by atoms with E-state index in [4.69, 9.17) is 9.72 Å². The molecule has 5 nitrogen and oxygen atoms in total. The van der Waals surface area contributed by atoms with Gasteiger partial charge in [-0.25, -0.2) is 4.98 Å². The van der Waals surface area contributed by atoms with E-state index in [2.05, 4.69) is 35.0 Å². The minimum Gasteiger partial charge on any atom is -0.483 e. The molecule has 0 unspecified atom stereocenters. The number of aromatic nitrogens is 2. The number of hydrogen-bond donors (Lipinski definition) is 1. The molecule has 1 heterocycles. The van der Waals surface area contributed by atoms with Crippen LogP contribution in [0.1, 0.15) is 49.6 Å². The molecule has 3 aromatic rings. The fourth-order valence-electron chi connectivity index (χ4n) is 3.66. The van der Waals surface area contributed by atoms with Crippen molar-refractivity contribution in [1.82, 2.24) is 14.9 Å². The van der Waals surface area contributed by atoms with Crippen molar-refractivity contribution in [3.63, 3.8) is 0 Å². The molecule has 0 saturated carbocycles. The predicted molar refractivity (Wildman–Crippen MR) is 122 cm³/mol. The number of rotatable bonds is 11. The van der Waals surface area contributed by atoms with E-state index in [0.29, 0.717) is 6.54 Å². The van der Waals surface area contributed by atoms with E-state index in [-0.39, 0.29) is 12.5 Å².